The topological polar surface area (TPSA) is 46.5 Å². The van der Waals surface area contributed by atoms with Crippen molar-refractivity contribution in [2.45, 2.75) is 176 Å². The van der Waals surface area contributed by atoms with Gasteiger partial charge < -0.3 is 9.84 Å². The molecule has 4 aliphatic rings. The summed E-state index contributed by atoms with van der Waals surface area (Å²) >= 11 is 0. The summed E-state index contributed by atoms with van der Waals surface area (Å²) in [7, 11) is 0. The van der Waals surface area contributed by atoms with Crippen molar-refractivity contribution in [3.63, 3.8) is 0 Å². The molecule has 0 aliphatic heterocycles. The lowest BCUT2D eigenvalue weighted by atomic mass is 9.47. The third-order valence-electron chi connectivity index (χ3n) is 13.2. The Labute approximate surface area is 254 Å². The van der Waals surface area contributed by atoms with E-state index in [1.807, 2.05) is 0 Å². The summed E-state index contributed by atoms with van der Waals surface area (Å²) in [5, 5.41) is 9.14. The molecule has 0 aromatic carbocycles. The number of fused-ring (bicyclic) bond motifs is 5. The van der Waals surface area contributed by atoms with Gasteiger partial charge in [0.2, 0.25) is 0 Å². The number of hydrogen-bond acceptors (Lipinski definition) is 2. The van der Waals surface area contributed by atoms with Crippen LogP contribution in [0.15, 0.2) is 11.6 Å². The molecule has 3 fully saturated rings. The van der Waals surface area contributed by atoms with Crippen LogP contribution in [0, 0.1) is 46.3 Å². The molecule has 0 radical (unpaired) electrons. The van der Waals surface area contributed by atoms with E-state index in [0.29, 0.717) is 5.41 Å². The fraction of sp³-hybridized carbons (Fsp3) is 0.921. The standard InChI is InChI=1S/C38H66O3/c1-6-7-8-9-10-11-12-13-14-16-28(2)17-15-18-29(3)33-21-22-34-32-20-19-30-27-31(41-36(39)40)23-25-37(30,4)35(32)24-26-38(33,34)5/h19,28-29,31-35H,6-18,20-27H2,1-5H3,(H,39,40)/t28?,29-,31+,32+,33-,34+,35+,37+,38-/m1/s1. The minimum absolute atomic E-state index is 0.137. The molecule has 1 unspecified atom stereocenters. The summed E-state index contributed by atoms with van der Waals surface area (Å²) in [5.41, 5.74) is 2.30. The first kappa shape index (κ1) is 32.9. The summed E-state index contributed by atoms with van der Waals surface area (Å²) < 4.78 is 5.22. The second-order valence-corrected chi connectivity index (χ2v) is 15.9. The number of ether oxygens (including phenoxy) is 1. The molecule has 236 valence electrons. The second-order valence-electron chi connectivity index (χ2n) is 15.9. The highest BCUT2D eigenvalue weighted by atomic mass is 16.7. The molecule has 4 rings (SSSR count). The number of allylic oxidation sites excluding steroid dienone is 1. The molecule has 3 nitrogen and oxygen atoms in total. The summed E-state index contributed by atoms with van der Waals surface area (Å²) in [6.07, 6.45) is 29.6. The molecule has 0 aromatic heterocycles. The van der Waals surface area contributed by atoms with Crippen LogP contribution in [-0.2, 0) is 4.74 Å². The molecule has 4 aliphatic carbocycles. The zero-order valence-electron chi connectivity index (χ0n) is 27.7. The van der Waals surface area contributed by atoms with Gasteiger partial charge in [-0.15, -0.1) is 0 Å². The normalized spacial score (nSPS) is 36.0. The van der Waals surface area contributed by atoms with Crippen molar-refractivity contribution in [1.82, 2.24) is 0 Å². The summed E-state index contributed by atoms with van der Waals surface area (Å²) in [4.78, 5) is 11.1. The highest BCUT2D eigenvalue weighted by Crippen LogP contribution is 2.67. The summed E-state index contributed by atoms with van der Waals surface area (Å²) in [6, 6.07) is 0. The minimum atomic E-state index is -1.11. The van der Waals surface area contributed by atoms with Crippen LogP contribution in [0.1, 0.15) is 169 Å². The predicted octanol–water partition coefficient (Wildman–Crippen LogP) is 12.0. The Balaban J connectivity index is 1.19. The van der Waals surface area contributed by atoms with Crippen LogP contribution < -0.4 is 0 Å². The lowest BCUT2D eigenvalue weighted by Crippen LogP contribution is -2.51. The average Bonchev–Trinajstić information content (AvgIpc) is 3.29. The van der Waals surface area contributed by atoms with Gasteiger partial charge in [-0.3, -0.25) is 0 Å². The third kappa shape index (κ3) is 7.94. The lowest BCUT2D eigenvalue weighted by Gasteiger charge is -2.58. The van der Waals surface area contributed by atoms with Gasteiger partial charge >= 0.3 is 6.16 Å². The van der Waals surface area contributed by atoms with Crippen molar-refractivity contribution in [1.29, 1.82) is 0 Å². The molecule has 0 amide bonds. The monoisotopic (exact) mass is 571 g/mol. The van der Waals surface area contributed by atoms with E-state index in [4.69, 9.17) is 9.84 Å². The van der Waals surface area contributed by atoms with Crippen LogP contribution >= 0.6 is 0 Å². The third-order valence-corrected chi connectivity index (χ3v) is 13.2. The average molecular weight is 571 g/mol. The van der Waals surface area contributed by atoms with Crippen molar-refractivity contribution in [3.05, 3.63) is 11.6 Å². The first-order valence-corrected chi connectivity index (χ1v) is 18.3. The van der Waals surface area contributed by atoms with E-state index in [2.05, 4.69) is 40.7 Å². The number of carboxylic acid groups (broad SMARTS) is 1. The maximum Gasteiger partial charge on any atom is 0.506 e. The zero-order valence-corrected chi connectivity index (χ0v) is 27.7. The number of unbranched alkanes of at least 4 members (excludes halogenated alkanes) is 8. The van der Waals surface area contributed by atoms with Crippen LogP contribution in [0.2, 0.25) is 0 Å². The van der Waals surface area contributed by atoms with Crippen molar-refractivity contribution in [2.75, 3.05) is 0 Å². The molecule has 9 atom stereocenters. The Morgan fingerprint density at radius 2 is 1.56 bits per heavy atom. The van der Waals surface area contributed by atoms with Crippen molar-refractivity contribution in [2.24, 2.45) is 46.3 Å². The molecular weight excluding hydrogens is 504 g/mol. The Bertz CT molecular complexity index is 848. The van der Waals surface area contributed by atoms with Gasteiger partial charge in [0.1, 0.15) is 6.10 Å². The number of hydrogen-bond donors (Lipinski definition) is 1. The smallest absolute Gasteiger partial charge is 0.450 e. The van der Waals surface area contributed by atoms with Gasteiger partial charge in [-0.2, -0.15) is 0 Å². The van der Waals surface area contributed by atoms with Crippen molar-refractivity contribution in [3.8, 4) is 0 Å². The first-order valence-electron chi connectivity index (χ1n) is 18.3. The van der Waals surface area contributed by atoms with Crippen LogP contribution in [-0.4, -0.2) is 17.4 Å². The lowest BCUT2D eigenvalue weighted by molar-refractivity contribution is -0.0601. The SMILES string of the molecule is CCCCCCCCCCCC(C)CCC[C@@H](C)[C@H]1CC[C@H]2[C@@H]3CC=C4C[C@@H](OC(=O)O)CC[C@]4(C)[C@H]3CC[C@]12C. The zero-order chi connectivity index (χ0) is 29.5. The molecular formula is C38H66O3. The summed E-state index contributed by atoms with van der Waals surface area (Å²) in [5.74, 6) is 5.14. The van der Waals surface area contributed by atoms with Gasteiger partial charge in [-0.1, -0.05) is 130 Å². The quantitative estimate of drug-likeness (QED) is 0.114. The molecule has 0 aromatic rings. The van der Waals surface area contributed by atoms with Crippen LogP contribution in [0.3, 0.4) is 0 Å². The van der Waals surface area contributed by atoms with E-state index < -0.39 is 6.16 Å². The minimum Gasteiger partial charge on any atom is -0.450 e. The first-order chi connectivity index (χ1) is 19.7. The van der Waals surface area contributed by atoms with Gasteiger partial charge in [0.15, 0.2) is 0 Å². The predicted molar refractivity (Wildman–Crippen MR) is 172 cm³/mol. The molecule has 3 saturated carbocycles. The molecule has 3 heteroatoms. The van der Waals surface area contributed by atoms with E-state index in [9.17, 15) is 4.79 Å². The molecule has 1 N–H and O–H groups in total. The molecule has 0 saturated heterocycles. The molecule has 0 bridgehead atoms. The van der Waals surface area contributed by atoms with E-state index >= 15 is 0 Å². The van der Waals surface area contributed by atoms with Gasteiger partial charge in [0.25, 0.3) is 0 Å². The Kier molecular flexibility index (Phi) is 12.2. The Morgan fingerprint density at radius 3 is 2.27 bits per heavy atom. The molecule has 0 heterocycles. The van der Waals surface area contributed by atoms with Crippen LogP contribution in [0.4, 0.5) is 4.79 Å². The van der Waals surface area contributed by atoms with Gasteiger partial charge in [-0.05, 0) is 91.3 Å². The van der Waals surface area contributed by atoms with E-state index in [1.165, 1.54) is 121 Å². The Morgan fingerprint density at radius 1 is 0.878 bits per heavy atom. The van der Waals surface area contributed by atoms with Gasteiger partial charge in [-0.25, -0.2) is 4.79 Å². The molecule has 0 spiro atoms. The van der Waals surface area contributed by atoms with Crippen molar-refractivity contribution < 1.29 is 14.6 Å². The largest absolute Gasteiger partial charge is 0.506 e. The fourth-order valence-electron chi connectivity index (χ4n) is 10.8. The maximum atomic E-state index is 11.1. The summed E-state index contributed by atoms with van der Waals surface area (Å²) in [6.45, 7) is 12.6. The van der Waals surface area contributed by atoms with Crippen LogP contribution in [0.5, 0.6) is 0 Å². The number of rotatable bonds is 16. The number of carbonyl (C=O) groups is 1. The molecule has 41 heavy (non-hydrogen) atoms. The van der Waals surface area contributed by atoms with E-state index in [-0.39, 0.29) is 11.5 Å². The highest BCUT2D eigenvalue weighted by Gasteiger charge is 2.59. The fourth-order valence-corrected chi connectivity index (χ4v) is 10.8. The van der Waals surface area contributed by atoms with E-state index in [1.54, 1.807) is 0 Å². The van der Waals surface area contributed by atoms with Crippen molar-refractivity contribution >= 4 is 6.16 Å². The second kappa shape index (κ2) is 15.1. The van der Waals surface area contributed by atoms with E-state index in [0.717, 1.165) is 54.8 Å². The van der Waals surface area contributed by atoms with Gasteiger partial charge in [0.05, 0.1) is 0 Å². The highest BCUT2D eigenvalue weighted by molar-refractivity contribution is 5.57. The maximum absolute atomic E-state index is 11.1. The Hall–Kier alpha value is -0.990. The van der Waals surface area contributed by atoms with Crippen LogP contribution in [0.25, 0.3) is 0 Å². The van der Waals surface area contributed by atoms with Gasteiger partial charge in [0, 0.05) is 6.42 Å².